The van der Waals surface area contributed by atoms with Crippen LogP contribution in [0.1, 0.15) is 50.4 Å². The van der Waals surface area contributed by atoms with E-state index in [1.807, 2.05) is 60.4 Å². The van der Waals surface area contributed by atoms with Gasteiger partial charge in [-0.2, -0.15) is 0 Å². The number of thioether (sulfide) groups is 1. The number of aromatic nitrogens is 2. The average molecular weight is 493 g/mol. The van der Waals surface area contributed by atoms with Crippen molar-refractivity contribution in [1.29, 1.82) is 0 Å². The van der Waals surface area contributed by atoms with Crippen molar-refractivity contribution >= 4 is 23.6 Å². The van der Waals surface area contributed by atoms with E-state index >= 15 is 0 Å². The van der Waals surface area contributed by atoms with Gasteiger partial charge < -0.3 is 14.2 Å². The van der Waals surface area contributed by atoms with Crippen molar-refractivity contribution < 1.29 is 14.0 Å². The third-order valence-electron chi connectivity index (χ3n) is 5.86. The lowest BCUT2D eigenvalue weighted by Crippen LogP contribution is -2.55. The highest BCUT2D eigenvalue weighted by molar-refractivity contribution is 7.98. The first-order chi connectivity index (χ1) is 16.7. The number of carbonyl (C=O) groups excluding carboxylic acids is 2. The Morgan fingerprint density at radius 3 is 2.46 bits per heavy atom. The lowest BCUT2D eigenvalue weighted by atomic mass is 9.91. The second kappa shape index (κ2) is 10.6. The molecule has 0 saturated carbocycles. The molecule has 1 aromatic carbocycles. The van der Waals surface area contributed by atoms with Gasteiger partial charge >= 0.3 is 0 Å². The van der Waals surface area contributed by atoms with Gasteiger partial charge in [-0.3, -0.25) is 9.59 Å². The zero-order valence-electron chi connectivity index (χ0n) is 20.7. The summed E-state index contributed by atoms with van der Waals surface area (Å²) in [5.41, 5.74) is 1.80. The van der Waals surface area contributed by atoms with Crippen LogP contribution in [-0.4, -0.2) is 57.5 Å². The second-order valence-electron chi connectivity index (χ2n) is 10.1. The minimum Gasteiger partial charge on any atom is -0.455 e. The molecular formula is C27H32N4O3S. The van der Waals surface area contributed by atoms with Crippen molar-refractivity contribution in [3.63, 3.8) is 0 Å². The Morgan fingerprint density at radius 2 is 1.80 bits per heavy atom. The largest absolute Gasteiger partial charge is 0.455 e. The predicted octanol–water partition coefficient (Wildman–Crippen LogP) is 5.14. The van der Waals surface area contributed by atoms with Crippen molar-refractivity contribution in [2.45, 2.75) is 50.9 Å². The van der Waals surface area contributed by atoms with Crippen LogP contribution in [0.5, 0.6) is 0 Å². The number of benzene rings is 1. The molecule has 0 radical (unpaired) electrons. The SMILES string of the molecule is C[C@H]1CN(C(=O)c2ccc(CSc3ccc(-c4ccccc4)nn3)o2)CCN1C(=O)CC(C)(C)C. The van der Waals surface area contributed by atoms with Crippen molar-refractivity contribution in [2.24, 2.45) is 5.41 Å². The van der Waals surface area contributed by atoms with Gasteiger partial charge in [0.1, 0.15) is 10.8 Å². The lowest BCUT2D eigenvalue weighted by molar-refractivity contribution is -0.137. The molecular weight excluding hydrogens is 460 g/mol. The Bertz CT molecular complexity index is 1160. The monoisotopic (exact) mass is 492 g/mol. The summed E-state index contributed by atoms with van der Waals surface area (Å²) in [6.07, 6.45) is 0.504. The summed E-state index contributed by atoms with van der Waals surface area (Å²) < 4.78 is 5.85. The smallest absolute Gasteiger partial charge is 0.289 e. The molecule has 1 fully saturated rings. The molecule has 3 aromatic rings. The van der Waals surface area contributed by atoms with Gasteiger partial charge in [-0.1, -0.05) is 62.9 Å². The quantitative estimate of drug-likeness (QED) is 0.444. The highest BCUT2D eigenvalue weighted by atomic mass is 32.2. The molecule has 0 aliphatic carbocycles. The van der Waals surface area contributed by atoms with E-state index in [9.17, 15) is 9.59 Å². The maximum Gasteiger partial charge on any atom is 0.289 e. The fourth-order valence-electron chi connectivity index (χ4n) is 4.10. The molecule has 35 heavy (non-hydrogen) atoms. The topological polar surface area (TPSA) is 79.5 Å². The molecule has 8 heteroatoms. The Hall–Kier alpha value is -3.13. The first-order valence-electron chi connectivity index (χ1n) is 11.9. The minimum atomic E-state index is -0.136. The lowest BCUT2D eigenvalue weighted by Gasteiger charge is -2.40. The maximum atomic E-state index is 13.0. The van der Waals surface area contributed by atoms with Crippen molar-refractivity contribution in [3.05, 3.63) is 66.1 Å². The summed E-state index contributed by atoms with van der Waals surface area (Å²) in [5.74, 6) is 1.60. The molecule has 1 atom stereocenters. The van der Waals surface area contributed by atoms with Crippen molar-refractivity contribution in [1.82, 2.24) is 20.0 Å². The Labute approximate surface area is 210 Å². The third-order valence-corrected chi connectivity index (χ3v) is 6.80. The summed E-state index contributed by atoms with van der Waals surface area (Å²) in [6, 6.07) is 17.4. The molecule has 1 aliphatic rings. The number of amides is 2. The van der Waals surface area contributed by atoms with E-state index in [1.165, 1.54) is 11.8 Å². The molecule has 2 aromatic heterocycles. The van der Waals surface area contributed by atoms with Crippen LogP contribution in [0.3, 0.4) is 0 Å². The Morgan fingerprint density at radius 1 is 1.03 bits per heavy atom. The van der Waals surface area contributed by atoms with Gasteiger partial charge in [0.05, 0.1) is 11.4 Å². The zero-order chi connectivity index (χ0) is 25.0. The van der Waals surface area contributed by atoms with Crippen LogP contribution in [0.2, 0.25) is 0 Å². The predicted molar refractivity (Wildman–Crippen MR) is 137 cm³/mol. The minimum absolute atomic E-state index is 0.0232. The van der Waals surface area contributed by atoms with Gasteiger partial charge in [0, 0.05) is 37.7 Å². The Balaban J connectivity index is 1.30. The number of piperazine rings is 1. The zero-order valence-corrected chi connectivity index (χ0v) is 21.5. The summed E-state index contributed by atoms with van der Waals surface area (Å²) >= 11 is 1.51. The highest BCUT2D eigenvalue weighted by Crippen LogP contribution is 2.25. The molecule has 2 amide bonds. The van der Waals surface area contributed by atoms with Gasteiger partial charge in [0.25, 0.3) is 5.91 Å². The van der Waals surface area contributed by atoms with E-state index in [4.69, 9.17) is 4.42 Å². The van der Waals surface area contributed by atoms with E-state index in [1.54, 1.807) is 11.0 Å². The molecule has 0 N–H and O–H groups in total. The fourth-order valence-corrected chi connectivity index (χ4v) is 4.81. The molecule has 1 saturated heterocycles. The van der Waals surface area contributed by atoms with E-state index in [0.717, 1.165) is 16.3 Å². The summed E-state index contributed by atoms with van der Waals surface area (Å²) in [7, 11) is 0. The molecule has 0 bridgehead atoms. The fraction of sp³-hybridized carbons (Fsp3) is 0.407. The summed E-state index contributed by atoms with van der Waals surface area (Å²) in [6.45, 7) is 9.74. The third kappa shape index (κ3) is 6.51. The highest BCUT2D eigenvalue weighted by Gasteiger charge is 2.32. The second-order valence-corrected chi connectivity index (χ2v) is 11.1. The van der Waals surface area contributed by atoms with Crippen molar-refractivity contribution in [3.8, 4) is 11.3 Å². The van der Waals surface area contributed by atoms with E-state index in [-0.39, 0.29) is 23.3 Å². The van der Waals surface area contributed by atoms with Gasteiger partial charge in [-0.05, 0) is 36.6 Å². The van der Waals surface area contributed by atoms with E-state index < -0.39 is 0 Å². The summed E-state index contributed by atoms with van der Waals surface area (Å²) in [5, 5.41) is 9.40. The normalized spacial score (nSPS) is 16.4. The number of hydrogen-bond donors (Lipinski definition) is 0. The number of hydrogen-bond acceptors (Lipinski definition) is 6. The van der Waals surface area contributed by atoms with Crippen LogP contribution in [0.25, 0.3) is 11.3 Å². The van der Waals surface area contributed by atoms with Crippen LogP contribution < -0.4 is 0 Å². The molecule has 7 nitrogen and oxygen atoms in total. The van der Waals surface area contributed by atoms with E-state index in [2.05, 4.69) is 31.0 Å². The van der Waals surface area contributed by atoms with E-state index in [0.29, 0.717) is 43.3 Å². The van der Waals surface area contributed by atoms with Crippen molar-refractivity contribution in [2.75, 3.05) is 19.6 Å². The molecule has 3 heterocycles. The molecule has 184 valence electrons. The number of furan rings is 1. The number of carbonyl (C=O) groups is 2. The molecule has 4 rings (SSSR count). The van der Waals surface area contributed by atoms with Crippen LogP contribution in [0, 0.1) is 5.41 Å². The van der Waals surface area contributed by atoms with Crippen LogP contribution in [0.15, 0.2) is 64.0 Å². The van der Waals surface area contributed by atoms with Gasteiger partial charge in [-0.25, -0.2) is 0 Å². The summed E-state index contributed by atoms with van der Waals surface area (Å²) in [4.78, 5) is 29.3. The number of rotatable bonds is 6. The number of nitrogens with zero attached hydrogens (tertiary/aromatic N) is 4. The Kier molecular flexibility index (Phi) is 7.60. The first-order valence-corrected chi connectivity index (χ1v) is 12.9. The standard InChI is InChI=1S/C27H32N4O3S/c1-19-17-30(14-15-31(19)25(32)16-27(2,3)4)26(33)23-12-10-21(34-23)18-35-24-13-11-22(28-29-24)20-8-6-5-7-9-20/h5-13,19H,14-18H2,1-4H3/t19-/m0/s1. The average Bonchev–Trinajstić information content (AvgIpc) is 3.31. The molecule has 0 spiro atoms. The first kappa shape index (κ1) is 25.0. The molecule has 0 unspecified atom stereocenters. The van der Waals surface area contributed by atoms with Gasteiger partial charge in [0.15, 0.2) is 5.76 Å². The van der Waals surface area contributed by atoms with Gasteiger partial charge in [0.2, 0.25) is 5.91 Å². The molecule has 1 aliphatic heterocycles. The van der Waals surface area contributed by atoms with Gasteiger partial charge in [-0.15, -0.1) is 10.2 Å². The van der Waals surface area contributed by atoms with Crippen LogP contribution in [0.4, 0.5) is 0 Å². The van der Waals surface area contributed by atoms with Crippen LogP contribution >= 0.6 is 11.8 Å². The van der Waals surface area contributed by atoms with Crippen LogP contribution in [-0.2, 0) is 10.5 Å². The maximum absolute atomic E-state index is 13.0.